The van der Waals surface area contributed by atoms with Gasteiger partial charge in [0, 0.05) is 18.1 Å². The van der Waals surface area contributed by atoms with Crippen LogP contribution in [0.2, 0.25) is 5.02 Å². The molecule has 0 aliphatic heterocycles. The molecule has 0 atom stereocenters. The van der Waals surface area contributed by atoms with Gasteiger partial charge in [0.1, 0.15) is 5.82 Å². The van der Waals surface area contributed by atoms with Gasteiger partial charge >= 0.3 is 0 Å². The quantitative estimate of drug-likeness (QED) is 0.857. The van der Waals surface area contributed by atoms with Gasteiger partial charge in [-0.3, -0.25) is 0 Å². The Morgan fingerprint density at radius 1 is 1.40 bits per heavy atom. The minimum absolute atomic E-state index is 0.244. The summed E-state index contributed by atoms with van der Waals surface area (Å²) in [6.07, 6.45) is 2.68. The minimum Gasteiger partial charge on any atom is -0.346 e. The van der Waals surface area contributed by atoms with E-state index in [9.17, 15) is 4.39 Å². The van der Waals surface area contributed by atoms with Crippen LogP contribution in [-0.4, -0.2) is 11.1 Å². The first kappa shape index (κ1) is 10.5. The van der Waals surface area contributed by atoms with Crippen molar-refractivity contribution in [2.45, 2.75) is 13.0 Å². The van der Waals surface area contributed by atoms with Crippen molar-refractivity contribution in [2.24, 2.45) is 5.73 Å². The van der Waals surface area contributed by atoms with E-state index in [4.69, 9.17) is 17.3 Å². The summed E-state index contributed by atoms with van der Waals surface area (Å²) in [4.78, 5) is 0. The maximum Gasteiger partial charge on any atom is 0.125 e. The molecule has 1 aromatic carbocycles. The van der Waals surface area contributed by atoms with Crippen LogP contribution in [0.4, 0.5) is 4.39 Å². The number of hydrogen-bond donors (Lipinski definition) is 1. The Kier molecular flexibility index (Phi) is 2.93. The molecular formula is C11H12ClFN2. The molecular weight excluding hydrogens is 215 g/mol. The predicted molar refractivity (Wildman–Crippen MR) is 60.6 cm³/mol. The Bertz CT molecular complexity index is 479. The second kappa shape index (κ2) is 4.21. The molecule has 0 aliphatic rings. The third kappa shape index (κ3) is 1.98. The largest absolute Gasteiger partial charge is 0.346 e. The Labute approximate surface area is 92.4 Å². The first-order valence-electron chi connectivity index (χ1n) is 4.86. The summed E-state index contributed by atoms with van der Waals surface area (Å²) in [7, 11) is 0. The lowest BCUT2D eigenvalue weighted by Gasteiger charge is -2.03. The van der Waals surface area contributed by atoms with Crippen molar-refractivity contribution in [3.63, 3.8) is 0 Å². The zero-order valence-corrected chi connectivity index (χ0v) is 8.97. The molecule has 1 heterocycles. The second-order valence-electron chi connectivity index (χ2n) is 3.47. The molecule has 2 nitrogen and oxygen atoms in total. The fraction of sp³-hybridized carbons (Fsp3) is 0.273. The highest BCUT2D eigenvalue weighted by Gasteiger charge is 2.07. The number of halogens is 2. The molecule has 15 heavy (non-hydrogen) atoms. The number of nitrogens with zero attached hydrogens (tertiary/aromatic N) is 1. The van der Waals surface area contributed by atoms with Crippen molar-refractivity contribution in [1.82, 2.24) is 4.57 Å². The number of benzene rings is 1. The number of fused-ring (bicyclic) bond motifs is 1. The van der Waals surface area contributed by atoms with Gasteiger partial charge in [0.25, 0.3) is 0 Å². The van der Waals surface area contributed by atoms with Gasteiger partial charge in [0.15, 0.2) is 0 Å². The maximum absolute atomic E-state index is 13.1. The molecule has 0 radical (unpaired) electrons. The van der Waals surface area contributed by atoms with E-state index in [0.717, 1.165) is 23.9 Å². The van der Waals surface area contributed by atoms with Gasteiger partial charge in [-0.25, -0.2) is 4.39 Å². The first-order valence-corrected chi connectivity index (χ1v) is 5.24. The van der Waals surface area contributed by atoms with Gasteiger partial charge in [-0.05, 0) is 31.2 Å². The molecule has 80 valence electrons. The molecule has 1 aromatic heterocycles. The Morgan fingerprint density at radius 3 is 2.93 bits per heavy atom. The van der Waals surface area contributed by atoms with E-state index in [1.807, 2.05) is 10.8 Å². The average molecular weight is 227 g/mol. The second-order valence-corrected chi connectivity index (χ2v) is 3.88. The van der Waals surface area contributed by atoms with E-state index in [2.05, 4.69) is 0 Å². The third-order valence-electron chi connectivity index (χ3n) is 2.40. The van der Waals surface area contributed by atoms with Crippen molar-refractivity contribution in [3.05, 3.63) is 35.2 Å². The van der Waals surface area contributed by atoms with Gasteiger partial charge in [-0.2, -0.15) is 0 Å². The monoisotopic (exact) mass is 226 g/mol. The van der Waals surface area contributed by atoms with E-state index in [1.54, 1.807) is 6.07 Å². The van der Waals surface area contributed by atoms with E-state index in [0.29, 0.717) is 11.6 Å². The Hall–Kier alpha value is -1.06. The average Bonchev–Trinajstić information content (AvgIpc) is 2.52. The molecule has 0 amide bonds. The zero-order valence-electron chi connectivity index (χ0n) is 8.21. The Balaban J connectivity index is 2.49. The van der Waals surface area contributed by atoms with Crippen molar-refractivity contribution >= 4 is 22.5 Å². The minimum atomic E-state index is -0.244. The smallest absolute Gasteiger partial charge is 0.125 e. The molecule has 0 unspecified atom stereocenters. The summed E-state index contributed by atoms with van der Waals surface area (Å²) in [6, 6.07) is 4.62. The van der Waals surface area contributed by atoms with Crippen LogP contribution in [0.5, 0.6) is 0 Å². The van der Waals surface area contributed by atoms with E-state index >= 15 is 0 Å². The van der Waals surface area contributed by atoms with E-state index < -0.39 is 0 Å². The van der Waals surface area contributed by atoms with E-state index in [-0.39, 0.29) is 5.82 Å². The first-order chi connectivity index (χ1) is 7.22. The van der Waals surface area contributed by atoms with Crippen LogP contribution in [-0.2, 0) is 6.54 Å². The van der Waals surface area contributed by atoms with Gasteiger partial charge in [0.2, 0.25) is 0 Å². The Morgan fingerprint density at radius 2 is 2.20 bits per heavy atom. The highest BCUT2D eigenvalue weighted by molar-refractivity contribution is 6.35. The summed E-state index contributed by atoms with van der Waals surface area (Å²) < 4.78 is 15.0. The maximum atomic E-state index is 13.1. The van der Waals surface area contributed by atoms with Gasteiger partial charge < -0.3 is 10.3 Å². The molecule has 0 saturated carbocycles. The highest BCUT2D eigenvalue weighted by atomic mass is 35.5. The fourth-order valence-electron chi connectivity index (χ4n) is 1.67. The fourth-order valence-corrected chi connectivity index (χ4v) is 1.94. The van der Waals surface area contributed by atoms with Gasteiger partial charge in [0.05, 0.1) is 10.5 Å². The lowest BCUT2D eigenvalue weighted by atomic mass is 10.2. The van der Waals surface area contributed by atoms with Crippen LogP contribution < -0.4 is 5.73 Å². The summed E-state index contributed by atoms with van der Waals surface area (Å²) in [5.41, 5.74) is 6.26. The summed E-state index contributed by atoms with van der Waals surface area (Å²) in [6.45, 7) is 1.38. The van der Waals surface area contributed by atoms with Crippen LogP contribution in [0.1, 0.15) is 6.42 Å². The highest BCUT2D eigenvalue weighted by Crippen LogP contribution is 2.26. The number of hydrogen-bond acceptors (Lipinski definition) is 1. The zero-order chi connectivity index (χ0) is 10.8. The van der Waals surface area contributed by atoms with Crippen LogP contribution in [0.3, 0.4) is 0 Å². The van der Waals surface area contributed by atoms with Gasteiger partial charge in [-0.1, -0.05) is 11.6 Å². The summed E-state index contributed by atoms with van der Waals surface area (Å²) in [5, 5.41) is 1.54. The predicted octanol–water partition coefficient (Wildman–Crippen LogP) is 2.78. The summed E-state index contributed by atoms with van der Waals surface area (Å²) >= 11 is 6.03. The molecule has 0 fully saturated rings. The number of rotatable bonds is 3. The molecule has 0 aliphatic carbocycles. The topological polar surface area (TPSA) is 30.9 Å². The lowest BCUT2D eigenvalue weighted by molar-refractivity contribution is 0.625. The normalized spacial score (nSPS) is 11.1. The number of nitrogens with two attached hydrogens (primary N) is 1. The molecule has 2 aromatic rings. The van der Waals surface area contributed by atoms with E-state index in [1.165, 1.54) is 12.1 Å². The molecule has 2 N–H and O–H groups in total. The molecule has 4 heteroatoms. The van der Waals surface area contributed by atoms with Crippen molar-refractivity contribution in [2.75, 3.05) is 6.54 Å². The van der Waals surface area contributed by atoms with Crippen molar-refractivity contribution in [1.29, 1.82) is 0 Å². The number of aryl methyl sites for hydroxylation is 1. The summed E-state index contributed by atoms with van der Waals surface area (Å²) in [5.74, 6) is -0.244. The van der Waals surface area contributed by atoms with Crippen LogP contribution >= 0.6 is 11.6 Å². The lowest BCUT2D eigenvalue weighted by Crippen LogP contribution is -2.04. The van der Waals surface area contributed by atoms with Crippen LogP contribution in [0.15, 0.2) is 24.4 Å². The van der Waals surface area contributed by atoms with Crippen LogP contribution in [0, 0.1) is 5.82 Å². The molecule has 2 rings (SSSR count). The number of aromatic nitrogens is 1. The SMILES string of the molecule is NCCCn1cc(Cl)c2ccc(F)cc21. The third-order valence-corrected chi connectivity index (χ3v) is 2.70. The van der Waals surface area contributed by atoms with Crippen molar-refractivity contribution in [3.8, 4) is 0 Å². The molecule has 0 bridgehead atoms. The van der Waals surface area contributed by atoms with Crippen molar-refractivity contribution < 1.29 is 4.39 Å². The molecule has 0 spiro atoms. The van der Waals surface area contributed by atoms with Crippen LogP contribution in [0.25, 0.3) is 10.9 Å². The van der Waals surface area contributed by atoms with Gasteiger partial charge in [-0.15, -0.1) is 0 Å². The standard InChI is InChI=1S/C11H12ClFN2/c12-10-7-15(5-1-4-14)11-6-8(13)2-3-9(10)11/h2-3,6-7H,1,4-5,14H2. The molecule has 0 saturated heterocycles.